The number of carbonyl (C=O) groups is 2. The number of aryl methyl sites for hydroxylation is 1. The molecular formula is C14H18ClI2NO6S. The van der Waals surface area contributed by atoms with Gasteiger partial charge in [0.1, 0.15) is 6.61 Å². The van der Waals surface area contributed by atoms with Gasteiger partial charge in [-0.15, -0.1) is 0 Å². The molecule has 1 aromatic carbocycles. The van der Waals surface area contributed by atoms with Gasteiger partial charge in [-0.3, -0.25) is 4.79 Å². The fourth-order valence-corrected chi connectivity index (χ4v) is 2.46. The number of sulfone groups is 1. The van der Waals surface area contributed by atoms with E-state index < -0.39 is 21.2 Å². The highest BCUT2D eigenvalue weighted by molar-refractivity contribution is 15.0. The van der Waals surface area contributed by atoms with E-state index in [0.29, 0.717) is 6.42 Å². The van der Waals surface area contributed by atoms with Crippen molar-refractivity contribution in [2.24, 2.45) is 0 Å². The predicted octanol–water partition coefficient (Wildman–Crippen LogP) is 4.42. The number of halogens is 3. The van der Waals surface area contributed by atoms with Crippen molar-refractivity contribution in [3.63, 3.8) is 0 Å². The molecule has 25 heavy (non-hydrogen) atoms. The van der Waals surface area contributed by atoms with Gasteiger partial charge in [0.05, 0.1) is 17.1 Å². The Hall–Kier alpha value is -0.470. The fourth-order valence-electron chi connectivity index (χ4n) is 1.29. The summed E-state index contributed by atoms with van der Waals surface area (Å²) in [5.74, 6) is -1.11. The molecule has 1 rings (SSSR count). The van der Waals surface area contributed by atoms with E-state index in [0.717, 1.165) is 11.8 Å². The molecule has 0 spiro atoms. The summed E-state index contributed by atoms with van der Waals surface area (Å²) >= 11 is 9.16. The summed E-state index contributed by atoms with van der Waals surface area (Å²) in [6.45, 7) is 1.63. The Morgan fingerprint density at radius 3 is 2.16 bits per heavy atom. The van der Waals surface area contributed by atoms with Crippen LogP contribution in [0.3, 0.4) is 0 Å². The van der Waals surface area contributed by atoms with Crippen LogP contribution in [0.1, 0.15) is 18.4 Å². The lowest BCUT2D eigenvalue weighted by Crippen LogP contribution is -2.13. The summed E-state index contributed by atoms with van der Waals surface area (Å²) in [6, 6.07) is 6.46. The first-order chi connectivity index (χ1) is 11.7. The minimum Gasteiger partial charge on any atom is -0.481 e. The summed E-state index contributed by atoms with van der Waals surface area (Å²) in [6.07, 6.45) is 1.51. The Balaban J connectivity index is 0. The van der Waals surface area contributed by atoms with Crippen LogP contribution in [-0.2, 0) is 19.4 Å². The molecule has 2 N–H and O–H groups in total. The summed E-state index contributed by atoms with van der Waals surface area (Å²) in [4.78, 5) is 20.1. The van der Waals surface area contributed by atoms with E-state index in [1.165, 1.54) is 12.1 Å². The van der Waals surface area contributed by atoms with Crippen LogP contribution >= 0.6 is 48.8 Å². The second-order valence-corrected chi connectivity index (χ2v) is 6.77. The number of ether oxygens (including phenoxy) is 1. The highest BCUT2D eigenvalue weighted by atomic mass is 128. The molecule has 0 aliphatic rings. The van der Waals surface area contributed by atoms with Gasteiger partial charge in [-0.1, -0.05) is 17.7 Å². The molecule has 0 bridgehead atoms. The molecule has 0 saturated carbocycles. The average molecular weight is 618 g/mol. The Morgan fingerprint density at radius 1 is 1.28 bits per heavy atom. The number of carboxylic acids is 1. The molecule has 0 aromatic heterocycles. The van der Waals surface area contributed by atoms with E-state index in [9.17, 15) is 18.0 Å². The molecule has 0 amide bonds. The zero-order valence-electron chi connectivity index (χ0n) is 13.2. The molecular weight excluding hydrogens is 599 g/mol. The van der Waals surface area contributed by atoms with Crippen molar-refractivity contribution in [2.75, 3.05) is 12.4 Å². The summed E-state index contributed by atoms with van der Waals surface area (Å²) in [7, 11) is -3.41. The van der Waals surface area contributed by atoms with Crippen LogP contribution in [-0.4, -0.2) is 43.5 Å². The highest BCUT2D eigenvalue weighted by Gasteiger charge is 2.14. The monoisotopic (exact) mass is 617 g/mol. The second kappa shape index (κ2) is 15.8. The van der Waals surface area contributed by atoms with Gasteiger partial charge in [-0.25, -0.2) is 13.2 Å². The van der Waals surface area contributed by atoms with Crippen molar-refractivity contribution in [2.45, 2.75) is 24.7 Å². The third-order valence-electron chi connectivity index (χ3n) is 2.45. The van der Waals surface area contributed by atoms with Crippen LogP contribution in [0.5, 0.6) is 0 Å². The van der Waals surface area contributed by atoms with Crippen LogP contribution in [0, 0.1) is 12.3 Å². The van der Waals surface area contributed by atoms with E-state index in [1.54, 1.807) is 12.1 Å². The molecule has 0 aliphatic heterocycles. The fraction of sp³-hybridized carbons (Fsp3) is 0.357. The van der Waals surface area contributed by atoms with Gasteiger partial charge in [0, 0.05) is 48.8 Å². The topological polar surface area (TPSA) is 122 Å². The van der Waals surface area contributed by atoms with Crippen molar-refractivity contribution >= 4 is 76.3 Å². The standard InChI is InChI=1S/C10H11ClO4S.C4H7NO2.I2/c1-8-2-4-9(5-3-8)16(13,14)7-6-15-10(11)12;5-3-1-2-4(6)7;1-2/h2-5H,6-7H2,1H3;3,5H,1-2H2,(H,6,7);. The van der Waals surface area contributed by atoms with Crippen LogP contribution in [0.4, 0.5) is 4.79 Å². The lowest BCUT2D eigenvalue weighted by atomic mass is 10.2. The number of carbonyl (C=O) groups excluding carboxylic acids is 1. The highest BCUT2D eigenvalue weighted by Crippen LogP contribution is 2.12. The summed E-state index contributed by atoms with van der Waals surface area (Å²) < 4.78 is 27.8. The molecule has 11 heteroatoms. The molecule has 1 aromatic rings. The van der Waals surface area contributed by atoms with E-state index in [2.05, 4.69) is 42.0 Å². The predicted molar refractivity (Wildman–Crippen MR) is 114 cm³/mol. The Kier molecular flexibility index (Phi) is 16.9. The first-order valence-corrected chi connectivity index (χ1v) is 15.0. The smallest absolute Gasteiger partial charge is 0.403 e. The maximum Gasteiger partial charge on any atom is 0.403 e. The number of rotatable bonds is 7. The second-order valence-electron chi connectivity index (χ2n) is 4.35. The van der Waals surface area contributed by atoms with E-state index >= 15 is 0 Å². The molecule has 0 radical (unpaired) electrons. The molecule has 0 aliphatic carbocycles. The van der Waals surface area contributed by atoms with Crippen molar-refractivity contribution in [3.8, 4) is 0 Å². The lowest BCUT2D eigenvalue weighted by Gasteiger charge is -2.04. The average Bonchev–Trinajstić information content (AvgIpc) is 2.55. The number of hydrogen-bond acceptors (Lipinski definition) is 6. The van der Waals surface area contributed by atoms with Gasteiger partial charge in [0.15, 0.2) is 9.84 Å². The number of nitrogens with one attached hydrogen (secondary N) is 1. The molecule has 7 nitrogen and oxygen atoms in total. The maximum atomic E-state index is 11.7. The third kappa shape index (κ3) is 15.5. The van der Waals surface area contributed by atoms with Gasteiger partial charge < -0.3 is 15.3 Å². The van der Waals surface area contributed by atoms with Crippen LogP contribution in [0.25, 0.3) is 0 Å². The zero-order chi connectivity index (χ0) is 19.9. The van der Waals surface area contributed by atoms with Gasteiger partial charge in [0.25, 0.3) is 0 Å². The SMILES string of the molecule is Cc1ccc(S(=O)(=O)CCOC(=O)Cl)cc1.II.N=CCCC(=O)O. The van der Waals surface area contributed by atoms with E-state index in [1.807, 2.05) is 6.92 Å². The van der Waals surface area contributed by atoms with Crippen molar-refractivity contribution < 1.29 is 27.9 Å². The molecule has 0 heterocycles. The minimum absolute atomic E-state index is 0.0729. The molecule has 0 saturated heterocycles. The third-order valence-corrected chi connectivity index (χ3v) is 4.25. The van der Waals surface area contributed by atoms with Gasteiger partial charge in [-0.05, 0) is 31.7 Å². The normalized spacial score (nSPS) is 9.60. The van der Waals surface area contributed by atoms with Gasteiger partial charge in [0.2, 0.25) is 0 Å². The Bertz CT molecular complexity index is 637. The number of carboxylic acid groups (broad SMARTS) is 1. The molecule has 142 valence electrons. The zero-order valence-corrected chi connectivity index (χ0v) is 19.1. The maximum absolute atomic E-state index is 11.7. The van der Waals surface area contributed by atoms with Crippen molar-refractivity contribution in [3.05, 3.63) is 29.8 Å². The van der Waals surface area contributed by atoms with Gasteiger partial charge in [-0.2, -0.15) is 0 Å². The Morgan fingerprint density at radius 2 is 1.80 bits per heavy atom. The van der Waals surface area contributed by atoms with Crippen molar-refractivity contribution in [1.29, 1.82) is 5.41 Å². The summed E-state index contributed by atoms with van der Waals surface area (Å²) in [5.41, 5.74) is -0.0229. The van der Waals surface area contributed by atoms with E-state index in [4.69, 9.17) is 22.1 Å². The lowest BCUT2D eigenvalue weighted by molar-refractivity contribution is -0.136. The largest absolute Gasteiger partial charge is 0.481 e. The van der Waals surface area contributed by atoms with E-state index in [-0.39, 0.29) is 23.7 Å². The quantitative estimate of drug-likeness (QED) is 0.266. The molecule has 0 unspecified atom stereocenters. The minimum atomic E-state index is -3.41. The van der Waals surface area contributed by atoms with Crippen molar-refractivity contribution in [1.82, 2.24) is 0 Å². The molecule has 0 fully saturated rings. The first kappa shape index (κ1) is 26.8. The number of benzene rings is 1. The van der Waals surface area contributed by atoms with Crippen LogP contribution < -0.4 is 0 Å². The number of aliphatic carboxylic acids is 1. The summed E-state index contributed by atoms with van der Waals surface area (Å²) in [5, 5.41) is 14.3. The van der Waals surface area contributed by atoms with Crippen LogP contribution in [0.15, 0.2) is 29.2 Å². The first-order valence-electron chi connectivity index (χ1n) is 6.65. The molecule has 0 atom stereocenters. The van der Waals surface area contributed by atoms with Gasteiger partial charge >= 0.3 is 11.4 Å². The van der Waals surface area contributed by atoms with Crippen LogP contribution in [0.2, 0.25) is 0 Å². The number of hydrogen-bond donors (Lipinski definition) is 2. The Labute approximate surface area is 175 Å².